The molecule has 0 fully saturated rings. The molecule has 0 saturated heterocycles. The molecule has 136 valence electrons. The lowest BCUT2D eigenvalue weighted by atomic mass is 10.0. The lowest BCUT2D eigenvalue weighted by Crippen LogP contribution is -1.83. The van der Waals surface area contributed by atoms with Crippen LogP contribution in [0.25, 0.3) is 0 Å². The highest BCUT2D eigenvalue weighted by molar-refractivity contribution is 5.48. The van der Waals surface area contributed by atoms with Crippen LogP contribution in [-0.4, -0.2) is 6.29 Å². The SMILES string of the molecule is CCCCCC/C=C/CCCCCCCCCCCCCC=O. The van der Waals surface area contributed by atoms with Crippen LogP contribution in [0.4, 0.5) is 0 Å². The number of carbonyl (C=O) groups excluding carboxylic acids is 1. The number of rotatable bonds is 19. The van der Waals surface area contributed by atoms with Crippen molar-refractivity contribution in [3.8, 4) is 0 Å². The highest BCUT2D eigenvalue weighted by atomic mass is 16.1. The van der Waals surface area contributed by atoms with Crippen molar-refractivity contribution < 1.29 is 4.79 Å². The maximum Gasteiger partial charge on any atom is 0.119 e. The summed E-state index contributed by atoms with van der Waals surface area (Å²) in [6.07, 6.45) is 29.5. The molecule has 1 heteroatoms. The molecule has 0 aliphatic rings. The number of aldehydes is 1. The van der Waals surface area contributed by atoms with E-state index >= 15 is 0 Å². The van der Waals surface area contributed by atoms with Crippen LogP contribution in [0.15, 0.2) is 12.2 Å². The van der Waals surface area contributed by atoms with Crippen molar-refractivity contribution in [1.29, 1.82) is 0 Å². The van der Waals surface area contributed by atoms with Crippen LogP contribution in [0.2, 0.25) is 0 Å². The fourth-order valence-corrected chi connectivity index (χ4v) is 3.01. The van der Waals surface area contributed by atoms with E-state index in [2.05, 4.69) is 19.1 Å². The quantitative estimate of drug-likeness (QED) is 0.135. The van der Waals surface area contributed by atoms with Gasteiger partial charge in [0.1, 0.15) is 6.29 Å². The minimum atomic E-state index is 0.758. The van der Waals surface area contributed by atoms with Crippen molar-refractivity contribution in [3.63, 3.8) is 0 Å². The van der Waals surface area contributed by atoms with E-state index in [9.17, 15) is 4.79 Å². The lowest BCUT2D eigenvalue weighted by Gasteiger charge is -2.02. The third-order valence-corrected chi connectivity index (χ3v) is 4.58. The van der Waals surface area contributed by atoms with E-state index < -0.39 is 0 Å². The molecule has 0 saturated carbocycles. The fourth-order valence-electron chi connectivity index (χ4n) is 3.01. The molecule has 0 amide bonds. The molecule has 0 bridgehead atoms. The summed E-state index contributed by atoms with van der Waals surface area (Å²) in [6, 6.07) is 0. The molecular weight excluding hydrogens is 280 g/mol. The summed E-state index contributed by atoms with van der Waals surface area (Å²) in [6.45, 7) is 2.27. The van der Waals surface area contributed by atoms with Crippen LogP contribution in [0.5, 0.6) is 0 Å². The highest BCUT2D eigenvalue weighted by Crippen LogP contribution is 2.12. The van der Waals surface area contributed by atoms with E-state index in [-0.39, 0.29) is 0 Å². The molecule has 1 nitrogen and oxygen atoms in total. The van der Waals surface area contributed by atoms with Crippen LogP contribution < -0.4 is 0 Å². The molecule has 0 N–H and O–H groups in total. The molecule has 23 heavy (non-hydrogen) atoms. The molecule has 0 aromatic heterocycles. The number of hydrogen-bond acceptors (Lipinski definition) is 1. The second-order valence-electron chi connectivity index (χ2n) is 6.95. The molecule has 0 aromatic rings. The van der Waals surface area contributed by atoms with Gasteiger partial charge in [0, 0.05) is 6.42 Å². The average Bonchev–Trinajstić information content (AvgIpc) is 2.57. The first-order valence-electron chi connectivity index (χ1n) is 10.5. The van der Waals surface area contributed by atoms with Gasteiger partial charge in [-0.2, -0.15) is 0 Å². The molecule has 0 spiro atoms. The Bertz CT molecular complexity index is 244. The average molecular weight is 323 g/mol. The molecule has 0 radical (unpaired) electrons. The second kappa shape index (κ2) is 21.4. The second-order valence-corrected chi connectivity index (χ2v) is 6.95. The van der Waals surface area contributed by atoms with Crippen LogP contribution in [0.1, 0.15) is 122 Å². The van der Waals surface area contributed by atoms with E-state index in [1.54, 1.807) is 0 Å². The van der Waals surface area contributed by atoms with Gasteiger partial charge < -0.3 is 4.79 Å². The molecule has 0 rings (SSSR count). The van der Waals surface area contributed by atoms with E-state index in [1.807, 2.05) is 0 Å². The van der Waals surface area contributed by atoms with Crippen LogP contribution in [0, 0.1) is 0 Å². The molecule has 0 aliphatic carbocycles. The first kappa shape index (κ1) is 22.4. The lowest BCUT2D eigenvalue weighted by molar-refractivity contribution is -0.107. The minimum Gasteiger partial charge on any atom is -0.303 e. The number of carbonyl (C=O) groups is 1. The van der Waals surface area contributed by atoms with E-state index in [0.29, 0.717) is 0 Å². The zero-order valence-corrected chi connectivity index (χ0v) is 15.9. The molecule has 0 heterocycles. The van der Waals surface area contributed by atoms with Gasteiger partial charge in [0.2, 0.25) is 0 Å². The maximum absolute atomic E-state index is 10.2. The first-order valence-corrected chi connectivity index (χ1v) is 10.5. The zero-order chi connectivity index (χ0) is 16.8. The summed E-state index contributed by atoms with van der Waals surface area (Å²) in [5.74, 6) is 0. The van der Waals surface area contributed by atoms with Gasteiger partial charge in [0.05, 0.1) is 0 Å². The molecule has 0 unspecified atom stereocenters. The highest BCUT2D eigenvalue weighted by Gasteiger charge is 1.93. The topological polar surface area (TPSA) is 17.1 Å². The third kappa shape index (κ3) is 21.4. The summed E-state index contributed by atoms with van der Waals surface area (Å²) in [5, 5.41) is 0. The number of hydrogen-bond donors (Lipinski definition) is 0. The van der Waals surface area contributed by atoms with Crippen LogP contribution in [-0.2, 0) is 4.79 Å². The standard InChI is InChI=1S/C22H42O/c1-2-3-4-5-6-7-8-9-10-11-12-13-14-15-16-17-18-19-20-21-22-23/h7-8,22H,2-6,9-21H2,1H3/b8-7+. The van der Waals surface area contributed by atoms with E-state index in [1.165, 1.54) is 103 Å². The normalized spacial score (nSPS) is 11.3. The summed E-state index contributed by atoms with van der Waals surface area (Å²) in [4.78, 5) is 10.2. The van der Waals surface area contributed by atoms with Crippen molar-refractivity contribution in [2.75, 3.05) is 0 Å². The monoisotopic (exact) mass is 322 g/mol. The van der Waals surface area contributed by atoms with Gasteiger partial charge in [0.25, 0.3) is 0 Å². The van der Waals surface area contributed by atoms with Gasteiger partial charge in [-0.15, -0.1) is 0 Å². The van der Waals surface area contributed by atoms with E-state index in [0.717, 1.165) is 19.1 Å². The Hall–Kier alpha value is -0.590. The molecule has 0 aliphatic heterocycles. The summed E-state index contributed by atoms with van der Waals surface area (Å²) in [5.41, 5.74) is 0. The Morgan fingerprint density at radius 1 is 0.478 bits per heavy atom. The molecule has 0 aromatic carbocycles. The number of allylic oxidation sites excluding steroid dienone is 2. The Morgan fingerprint density at radius 3 is 1.22 bits per heavy atom. The van der Waals surface area contributed by atoms with Crippen LogP contribution in [0.3, 0.4) is 0 Å². The van der Waals surface area contributed by atoms with Gasteiger partial charge in [-0.3, -0.25) is 0 Å². The maximum atomic E-state index is 10.2. The third-order valence-electron chi connectivity index (χ3n) is 4.58. The molecule has 0 atom stereocenters. The van der Waals surface area contributed by atoms with Crippen molar-refractivity contribution in [3.05, 3.63) is 12.2 Å². The van der Waals surface area contributed by atoms with Gasteiger partial charge in [0.15, 0.2) is 0 Å². The van der Waals surface area contributed by atoms with Gasteiger partial charge >= 0.3 is 0 Å². The summed E-state index contributed by atoms with van der Waals surface area (Å²) < 4.78 is 0. The first-order chi connectivity index (χ1) is 11.4. The molecular formula is C22H42O. The Balaban J connectivity index is 3.02. The van der Waals surface area contributed by atoms with Gasteiger partial charge in [-0.05, 0) is 32.1 Å². The van der Waals surface area contributed by atoms with Crippen LogP contribution >= 0.6 is 0 Å². The minimum absolute atomic E-state index is 0.758. The fraction of sp³-hybridized carbons (Fsp3) is 0.864. The van der Waals surface area contributed by atoms with Crippen molar-refractivity contribution in [2.24, 2.45) is 0 Å². The smallest absolute Gasteiger partial charge is 0.119 e. The Labute approximate surface area is 146 Å². The van der Waals surface area contributed by atoms with Gasteiger partial charge in [-0.25, -0.2) is 0 Å². The van der Waals surface area contributed by atoms with Crippen molar-refractivity contribution in [2.45, 2.75) is 122 Å². The predicted molar refractivity (Wildman–Crippen MR) is 104 cm³/mol. The Morgan fingerprint density at radius 2 is 0.826 bits per heavy atom. The Kier molecular flexibility index (Phi) is 20.9. The van der Waals surface area contributed by atoms with Gasteiger partial charge in [-0.1, -0.05) is 96.1 Å². The van der Waals surface area contributed by atoms with Crippen molar-refractivity contribution >= 4 is 6.29 Å². The predicted octanol–water partition coefficient (Wildman–Crippen LogP) is 7.78. The summed E-state index contributed by atoms with van der Waals surface area (Å²) >= 11 is 0. The largest absolute Gasteiger partial charge is 0.303 e. The van der Waals surface area contributed by atoms with Crippen molar-refractivity contribution in [1.82, 2.24) is 0 Å². The number of unbranched alkanes of at least 4 members (excludes halogenated alkanes) is 16. The zero-order valence-electron chi connectivity index (χ0n) is 15.9. The summed E-state index contributed by atoms with van der Waals surface area (Å²) in [7, 11) is 0. The van der Waals surface area contributed by atoms with E-state index in [4.69, 9.17) is 0 Å².